The van der Waals surface area contributed by atoms with Crippen molar-refractivity contribution in [2.45, 2.75) is 51.7 Å². The summed E-state index contributed by atoms with van der Waals surface area (Å²) in [5.41, 5.74) is 9.97. The molecule has 1 fully saturated rings. The molecule has 2 unspecified atom stereocenters. The van der Waals surface area contributed by atoms with Crippen molar-refractivity contribution >= 4 is 5.69 Å². The number of hydrogen-bond acceptors (Lipinski definition) is 3. The molecule has 1 aliphatic heterocycles. The Hall–Kier alpha value is -1.06. The van der Waals surface area contributed by atoms with Crippen LogP contribution in [0.5, 0.6) is 0 Å². The summed E-state index contributed by atoms with van der Waals surface area (Å²) < 4.78 is 5.71. The summed E-state index contributed by atoms with van der Waals surface area (Å²) in [5, 5.41) is 0. The maximum absolute atomic E-state index is 6.01. The van der Waals surface area contributed by atoms with Crippen LogP contribution in [0.15, 0.2) is 18.2 Å². The predicted molar refractivity (Wildman–Crippen MR) is 85.4 cm³/mol. The van der Waals surface area contributed by atoms with Gasteiger partial charge in [-0.15, -0.1) is 0 Å². The van der Waals surface area contributed by atoms with Crippen LogP contribution in [0.4, 0.5) is 5.69 Å². The van der Waals surface area contributed by atoms with Gasteiger partial charge >= 0.3 is 0 Å². The number of anilines is 1. The minimum absolute atomic E-state index is 0.0330. The van der Waals surface area contributed by atoms with Crippen molar-refractivity contribution < 1.29 is 4.74 Å². The molecule has 0 aromatic heterocycles. The average molecular weight is 276 g/mol. The zero-order chi connectivity index (χ0) is 14.8. The Morgan fingerprint density at radius 1 is 1.45 bits per heavy atom. The molecule has 112 valence electrons. The van der Waals surface area contributed by atoms with E-state index < -0.39 is 0 Å². The normalized spacial score (nSPS) is 24.8. The van der Waals surface area contributed by atoms with Gasteiger partial charge < -0.3 is 15.4 Å². The van der Waals surface area contributed by atoms with Crippen LogP contribution < -0.4 is 10.6 Å². The molecule has 2 N–H and O–H groups in total. The van der Waals surface area contributed by atoms with Gasteiger partial charge in [0.15, 0.2) is 0 Å². The first kappa shape index (κ1) is 15.3. The molecule has 0 spiro atoms. The zero-order valence-corrected chi connectivity index (χ0v) is 13.3. The molecule has 1 heterocycles. The standard InChI is InChI=1S/C17H28N2O/c1-13-6-7-16(15(10-13)11-14(2)18)19-9-5-8-17(3,12-19)20-4/h6-7,10,14H,5,8-9,11-12,18H2,1-4H3. The number of hydrogen-bond donors (Lipinski definition) is 1. The summed E-state index contributed by atoms with van der Waals surface area (Å²) in [6.07, 6.45) is 3.24. The van der Waals surface area contributed by atoms with Crippen molar-refractivity contribution in [3.8, 4) is 0 Å². The number of rotatable bonds is 4. The van der Waals surface area contributed by atoms with Crippen LogP contribution in [0, 0.1) is 6.92 Å². The van der Waals surface area contributed by atoms with Crippen LogP contribution in [0.25, 0.3) is 0 Å². The Morgan fingerprint density at radius 3 is 2.85 bits per heavy atom. The molecule has 1 aliphatic rings. The summed E-state index contributed by atoms with van der Waals surface area (Å²) in [7, 11) is 1.82. The summed E-state index contributed by atoms with van der Waals surface area (Å²) in [5.74, 6) is 0. The first-order valence-corrected chi connectivity index (χ1v) is 7.59. The molecule has 0 aliphatic carbocycles. The van der Waals surface area contributed by atoms with Crippen molar-refractivity contribution in [3.05, 3.63) is 29.3 Å². The third-order valence-electron chi connectivity index (χ3n) is 4.27. The Bertz CT molecular complexity index is 458. The first-order chi connectivity index (χ1) is 9.43. The Labute approximate surface area is 123 Å². The molecule has 2 rings (SSSR count). The lowest BCUT2D eigenvalue weighted by molar-refractivity contribution is -0.00468. The van der Waals surface area contributed by atoms with Gasteiger partial charge in [-0.25, -0.2) is 0 Å². The molecule has 0 radical (unpaired) electrons. The van der Waals surface area contributed by atoms with E-state index in [-0.39, 0.29) is 11.6 Å². The SMILES string of the molecule is COC1(C)CCCN(c2ccc(C)cc2CC(C)N)C1. The first-order valence-electron chi connectivity index (χ1n) is 7.59. The van der Waals surface area contributed by atoms with Crippen molar-refractivity contribution in [2.75, 3.05) is 25.1 Å². The van der Waals surface area contributed by atoms with E-state index in [4.69, 9.17) is 10.5 Å². The van der Waals surface area contributed by atoms with Gasteiger partial charge in [0.1, 0.15) is 0 Å². The lowest BCUT2D eigenvalue weighted by Gasteiger charge is -2.41. The molecule has 0 saturated carbocycles. The summed E-state index contributed by atoms with van der Waals surface area (Å²) in [6.45, 7) is 8.48. The van der Waals surface area contributed by atoms with Crippen molar-refractivity contribution in [1.82, 2.24) is 0 Å². The highest BCUT2D eigenvalue weighted by Crippen LogP contribution is 2.31. The van der Waals surface area contributed by atoms with Crippen molar-refractivity contribution in [3.63, 3.8) is 0 Å². The van der Waals surface area contributed by atoms with E-state index in [9.17, 15) is 0 Å². The fourth-order valence-corrected chi connectivity index (χ4v) is 3.11. The molecule has 1 aromatic carbocycles. The predicted octanol–water partition coefficient (Wildman–Crippen LogP) is 2.89. The monoisotopic (exact) mass is 276 g/mol. The van der Waals surface area contributed by atoms with E-state index in [0.29, 0.717) is 0 Å². The van der Waals surface area contributed by atoms with Gasteiger partial charge in [0, 0.05) is 31.9 Å². The lowest BCUT2D eigenvalue weighted by atomic mass is 9.93. The van der Waals surface area contributed by atoms with Gasteiger partial charge in [-0.3, -0.25) is 0 Å². The van der Waals surface area contributed by atoms with Crippen LogP contribution in [-0.2, 0) is 11.2 Å². The fraction of sp³-hybridized carbons (Fsp3) is 0.647. The maximum atomic E-state index is 6.01. The van der Waals surface area contributed by atoms with E-state index in [1.54, 1.807) is 0 Å². The van der Waals surface area contributed by atoms with Crippen LogP contribution in [0.2, 0.25) is 0 Å². The highest BCUT2D eigenvalue weighted by molar-refractivity contribution is 5.56. The molecule has 1 saturated heterocycles. The zero-order valence-electron chi connectivity index (χ0n) is 13.3. The fourth-order valence-electron chi connectivity index (χ4n) is 3.11. The number of aryl methyl sites for hydroxylation is 1. The van der Waals surface area contributed by atoms with Crippen LogP contribution >= 0.6 is 0 Å². The smallest absolute Gasteiger partial charge is 0.0825 e. The minimum atomic E-state index is -0.0330. The third-order valence-corrected chi connectivity index (χ3v) is 4.27. The Morgan fingerprint density at radius 2 is 2.20 bits per heavy atom. The minimum Gasteiger partial charge on any atom is -0.377 e. The second-order valence-corrected chi connectivity index (χ2v) is 6.49. The molecule has 0 amide bonds. The van der Waals surface area contributed by atoms with Gasteiger partial charge in [-0.2, -0.15) is 0 Å². The van der Waals surface area contributed by atoms with Gasteiger partial charge in [-0.1, -0.05) is 17.7 Å². The molecular weight excluding hydrogens is 248 g/mol. The van der Waals surface area contributed by atoms with E-state index in [2.05, 4.69) is 43.9 Å². The van der Waals surface area contributed by atoms with E-state index >= 15 is 0 Å². The molecule has 2 atom stereocenters. The topological polar surface area (TPSA) is 38.5 Å². The van der Waals surface area contributed by atoms with Crippen LogP contribution in [0.3, 0.4) is 0 Å². The Kier molecular flexibility index (Phi) is 4.71. The summed E-state index contributed by atoms with van der Waals surface area (Å²) in [6, 6.07) is 6.90. The number of nitrogens with two attached hydrogens (primary N) is 1. The third kappa shape index (κ3) is 3.53. The maximum Gasteiger partial charge on any atom is 0.0825 e. The largest absolute Gasteiger partial charge is 0.377 e. The van der Waals surface area contributed by atoms with Gasteiger partial charge in [0.25, 0.3) is 0 Å². The average Bonchev–Trinajstić information content (AvgIpc) is 2.38. The molecule has 3 nitrogen and oxygen atoms in total. The van der Waals surface area contributed by atoms with Gasteiger partial charge in [0.05, 0.1) is 5.60 Å². The number of piperidine rings is 1. The Balaban J connectivity index is 2.27. The summed E-state index contributed by atoms with van der Waals surface area (Å²) in [4.78, 5) is 2.46. The number of ether oxygens (including phenoxy) is 1. The molecule has 1 aromatic rings. The van der Waals surface area contributed by atoms with E-state index in [1.165, 1.54) is 23.2 Å². The van der Waals surface area contributed by atoms with Crippen molar-refractivity contribution in [2.24, 2.45) is 5.73 Å². The second-order valence-electron chi connectivity index (χ2n) is 6.49. The molecule has 3 heteroatoms. The van der Waals surface area contributed by atoms with E-state index in [1.807, 2.05) is 7.11 Å². The second kappa shape index (κ2) is 6.15. The van der Waals surface area contributed by atoms with Crippen molar-refractivity contribution in [1.29, 1.82) is 0 Å². The van der Waals surface area contributed by atoms with E-state index in [0.717, 1.165) is 25.9 Å². The van der Waals surface area contributed by atoms with Gasteiger partial charge in [0.2, 0.25) is 0 Å². The van der Waals surface area contributed by atoms with Crippen LogP contribution in [-0.4, -0.2) is 31.8 Å². The highest BCUT2D eigenvalue weighted by atomic mass is 16.5. The number of methoxy groups -OCH3 is 1. The molecular formula is C17H28N2O. The molecule has 0 bridgehead atoms. The van der Waals surface area contributed by atoms with Gasteiger partial charge in [-0.05, 0) is 51.7 Å². The van der Waals surface area contributed by atoms with Crippen LogP contribution in [0.1, 0.15) is 37.8 Å². The summed E-state index contributed by atoms with van der Waals surface area (Å²) >= 11 is 0. The number of nitrogens with zero attached hydrogens (tertiary/aromatic N) is 1. The number of benzene rings is 1. The molecule has 20 heavy (non-hydrogen) atoms. The quantitative estimate of drug-likeness (QED) is 0.919. The highest BCUT2D eigenvalue weighted by Gasteiger charge is 2.31. The lowest BCUT2D eigenvalue weighted by Crippen LogP contribution is -2.47.